The fourth-order valence-corrected chi connectivity index (χ4v) is 3.49. The zero-order valence-corrected chi connectivity index (χ0v) is 17.1. The van der Waals surface area contributed by atoms with Gasteiger partial charge in [-0.2, -0.15) is 4.98 Å². The highest BCUT2D eigenvalue weighted by Gasteiger charge is 2.19. The molecular weight excluding hydrogens is 400 g/mol. The van der Waals surface area contributed by atoms with Gasteiger partial charge in [-0.05, 0) is 31.5 Å². The Balaban J connectivity index is 1.35. The average molecular weight is 422 g/mol. The first kappa shape index (κ1) is 19.5. The Morgan fingerprint density at radius 3 is 2.97 bits per heavy atom. The van der Waals surface area contributed by atoms with Crippen molar-refractivity contribution < 1.29 is 13.9 Å². The third-order valence-electron chi connectivity index (χ3n) is 5.04. The van der Waals surface area contributed by atoms with Crippen molar-refractivity contribution in [3.8, 4) is 11.5 Å². The molecule has 1 aliphatic heterocycles. The van der Waals surface area contributed by atoms with Crippen molar-refractivity contribution in [2.24, 2.45) is 5.92 Å². The van der Waals surface area contributed by atoms with E-state index < -0.39 is 0 Å². The largest absolute Gasteiger partial charge is 0.460 e. The van der Waals surface area contributed by atoms with Crippen molar-refractivity contribution >= 4 is 17.1 Å². The first-order chi connectivity index (χ1) is 15.2. The zero-order valence-electron chi connectivity index (χ0n) is 17.1. The summed E-state index contributed by atoms with van der Waals surface area (Å²) < 4.78 is 18.4. The molecule has 31 heavy (non-hydrogen) atoms. The van der Waals surface area contributed by atoms with Crippen LogP contribution in [0.3, 0.4) is 0 Å². The quantitative estimate of drug-likeness (QED) is 0.468. The molecule has 0 spiro atoms. The van der Waals surface area contributed by atoms with E-state index in [1.54, 1.807) is 10.9 Å². The first-order valence-corrected chi connectivity index (χ1v) is 10.1. The van der Waals surface area contributed by atoms with E-state index >= 15 is 0 Å². The minimum Gasteiger partial charge on any atom is -0.460 e. The maximum atomic E-state index is 5.93. The normalized spacial score (nSPS) is 16.4. The number of aryl methyl sites for hydroxylation is 1. The van der Waals surface area contributed by atoms with Crippen molar-refractivity contribution in [3.63, 3.8) is 0 Å². The molecule has 1 aliphatic rings. The number of anilines is 1. The number of nitrogens with two attached hydrogens (primary N) is 1. The monoisotopic (exact) mass is 422 g/mol. The van der Waals surface area contributed by atoms with Crippen LogP contribution in [0.1, 0.15) is 23.7 Å². The van der Waals surface area contributed by atoms with Gasteiger partial charge in [0.15, 0.2) is 16.9 Å². The average Bonchev–Trinajstić information content (AvgIpc) is 3.50. The summed E-state index contributed by atoms with van der Waals surface area (Å²) >= 11 is 0. The summed E-state index contributed by atoms with van der Waals surface area (Å²) in [5, 5.41) is 8.45. The van der Waals surface area contributed by atoms with Gasteiger partial charge in [-0.15, -0.1) is 5.10 Å². The van der Waals surface area contributed by atoms with Crippen molar-refractivity contribution in [1.29, 1.82) is 0 Å². The second kappa shape index (κ2) is 8.36. The van der Waals surface area contributed by atoms with Crippen molar-refractivity contribution in [3.05, 3.63) is 41.7 Å². The third kappa shape index (κ3) is 4.23. The molecule has 2 N–H and O–H groups in total. The van der Waals surface area contributed by atoms with Crippen LogP contribution in [-0.2, 0) is 22.6 Å². The maximum absolute atomic E-state index is 5.93. The Kier molecular flexibility index (Phi) is 5.26. The molecule has 4 aromatic heterocycles. The van der Waals surface area contributed by atoms with Gasteiger partial charge in [-0.3, -0.25) is 0 Å². The molecule has 1 fully saturated rings. The lowest BCUT2D eigenvalue weighted by atomic mass is 10.1. The van der Waals surface area contributed by atoms with E-state index in [1.807, 2.05) is 25.1 Å². The molecule has 4 aromatic rings. The number of hydrogen-bond acceptors (Lipinski definition) is 10. The van der Waals surface area contributed by atoms with Gasteiger partial charge in [0.25, 0.3) is 0 Å². The van der Waals surface area contributed by atoms with E-state index in [2.05, 4.69) is 30.2 Å². The van der Waals surface area contributed by atoms with Crippen LogP contribution >= 0.6 is 0 Å². The van der Waals surface area contributed by atoms with Crippen molar-refractivity contribution in [2.45, 2.75) is 26.5 Å². The van der Waals surface area contributed by atoms with Gasteiger partial charge in [-0.1, -0.05) is 5.21 Å². The Labute approximate surface area is 177 Å². The summed E-state index contributed by atoms with van der Waals surface area (Å²) in [6.07, 6.45) is 2.75. The van der Waals surface area contributed by atoms with Crippen LogP contribution in [0.15, 0.2) is 28.8 Å². The number of aromatic nitrogens is 7. The summed E-state index contributed by atoms with van der Waals surface area (Å²) in [6.45, 7) is 4.80. The second-order valence-corrected chi connectivity index (χ2v) is 7.47. The minimum absolute atomic E-state index is 0.110. The highest BCUT2D eigenvalue weighted by atomic mass is 16.5. The number of furan rings is 1. The maximum Gasteiger partial charge on any atom is 0.222 e. The van der Waals surface area contributed by atoms with Crippen LogP contribution < -0.4 is 5.73 Å². The van der Waals surface area contributed by atoms with E-state index in [1.165, 1.54) is 0 Å². The molecule has 0 aromatic carbocycles. The predicted octanol–water partition coefficient (Wildman–Crippen LogP) is 1.76. The molecule has 0 radical (unpaired) electrons. The fourth-order valence-electron chi connectivity index (χ4n) is 3.49. The van der Waals surface area contributed by atoms with Gasteiger partial charge in [0.05, 0.1) is 25.5 Å². The van der Waals surface area contributed by atoms with Crippen LogP contribution in [-0.4, -0.2) is 54.8 Å². The van der Waals surface area contributed by atoms with Gasteiger partial charge in [0.2, 0.25) is 5.95 Å². The van der Waals surface area contributed by atoms with E-state index in [0.717, 1.165) is 31.1 Å². The number of hydrogen-bond donors (Lipinski definition) is 1. The number of nitrogens with zero attached hydrogens (tertiary/aromatic N) is 7. The van der Waals surface area contributed by atoms with E-state index in [4.69, 9.17) is 19.6 Å². The number of nitrogen functional groups attached to an aromatic ring is 1. The molecule has 0 aliphatic carbocycles. The lowest BCUT2D eigenvalue weighted by molar-refractivity contribution is 0.0771. The number of fused-ring (bicyclic) bond motifs is 1. The summed E-state index contributed by atoms with van der Waals surface area (Å²) in [6, 6.07) is 5.51. The van der Waals surface area contributed by atoms with Crippen LogP contribution in [0.5, 0.6) is 0 Å². The summed E-state index contributed by atoms with van der Waals surface area (Å²) in [4.78, 5) is 17.5. The second-order valence-electron chi connectivity index (χ2n) is 7.47. The van der Waals surface area contributed by atoms with Gasteiger partial charge in [0, 0.05) is 18.7 Å². The molecule has 160 valence electrons. The highest BCUT2D eigenvalue weighted by Crippen LogP contribution is 2.26. The molecule has 11 nitrogen and oxygen atoms in total. The van der Waals surface area contributed by atoms with E-state index in [-0.39, 0.29) is 12.5 Å². The number of rotatable bonds is 7. The Hall–Kier alpha value is -3.44. The van der Waals surface area contributed by atoms with Crippen LogP contribution in [0.25, 0.3) is 22.6 Å². The summed E-state index contributed by atoms with van der Waals surface area (Å²) in [7, 11) is 0. The molecule has 1 unspecified atom stereocenters. The molecule has 1 saturated heterocycles. The summed E-state index contributed by atoms with van der Waals surface area (Å²) in [5.41, 5.74) is 8.22. The van der Waals surface area contributed by atoms with Crippen molar-refractivity contribution in [1.82, 2.24) is 34.9 Å². The Morgan fingerprint density at radius 1 is 1.23 bits per heavy atom. The number of ether oxygens (including phenoxy) is 2. The van der Waals surface area contributed by atoms with Crippen LogP contribution in [0.4, 0.5) is 5.95 Å². The van der Waals surface area contributed by atoms with Crippen LogP contribution in [0, 0.1) is 12.8 Å². The summed E-state index contributed by atoms with van der Waals surface area (Å²) in [5.74, 6) is 2.47. The molecule has 5 heterocycles. The van der Waals surface area contributed by atoms with Gasteiger partial charge < -0.3 is 19.6 Å². The van der Waals surface area contributed by atoms with Gasteiger partial charge in [0.1, 0.15) is 23.8 Å². The van der Waals surface area contributed by atoms with E-state index in [0.29, 0.717) is 47.6 Å². The standard InChI is InChI=1S/C20H22N8O3/c1-12-2-3-15(31-12)17-18-19(25-20(21)24-17)28(27-26-18)8-16-22-6-4-14(23-16)11-30-10-13-5-7-29-9-13/h2-4,6,13H,5,7-11H2,1H3,(H2,21,24,25). The molecule has 0 bridgehead atoms. The molecule has 5 rings (SSSR count). The van der Waals surface area contributed by atoms with E-state index in [9.17, 15) is 0 Å². The smallest absolute Gasteiger partial charge is 0.222 e. The van der Waals surface area contributed by atoms with Crippen molar-refractivity contribution in [2.75, 3.05) is 25.6 Å². The van der Waals surface area contributed by atoms with Crippen LogP contribution in [0.2, 0.25) is 0 Å². The first-order valence-electron chi connectivity index (χ1n) is 10.1. The Morgan fingerprint density at radius 2 is 2.16 bits per heavy atom. The third-order valence-corrected chi connectivity index (χ3v) is 5.04. The predicted molar refractivity (Wildman–Crippen MR) is 110 cm³/mol. The fraction of sp³-hybridized carbons (Fsp3) is 0.400. The lowest BCUT2D eigenvalue weighted by Crippen LogP contribution is -2.11. The molecule has 0 amide bonds. The SMILES string of the molecule is Cc1ccc(-c2nc(N)nc3c2nnn3Cc2nccc(COCC3CCOC3)n2)o1. The Bertz CT molecular complexity index is 1200. The molecule has 0 saturated carbocycles. The molecule has 11 heteroatoms. The highest BCUT2D eigenvalue weighted by molar-refractivity contribution is 5.86. The molecule has 1 atom stereocenters. The molecular formula is C20H22N8O3. The van der Waals surface area contributed by atoms with Gasteiger partial charge in [-0.25, -0.2) is 19.6 Å². The zero-order chi connectivity index (χ0) is 21.2. The topological polar surface area (TPSA) is 140 Å². The van der Waals surface area contributed by atoms with Gasteiger partial charge >= 0.3 is 0 Å². The lowest BCUT2D eigenvalue weighted by Gasteiger charge is -2.09. The minimum atomic E-state index is 0.110.